The summed E-state index contributed by atoms with van der Waals surface area (Å²) in [5.41, 5.74) is -0.0636. The van der Waals surface area contributed by atoms with E-state index >= 15 is 0 Å². The summed E-state index contributed by atoms with van der Waals surface area (Å²) in [4.78, 5) is 19.0. The molecular formula is C14H23N5O2. The van der Waals surface area contributed by atoms with Gasteiger partial charge in [-0.05, 0) is 25.2 Å². The van der Waals surface area contributed by atoms with E-state index in [1.54, 1.807) is 0 Å². The number of rotatable bonds is 9. The molecule has 1 aromatic heterocycles. The van der Waals surface area contributed by atoms with Crippen molar-refractivity contribution in [3.05, 3.63) is 16.3 Å². The van der Waals surface area contributed by atoms with E-state index < -0.39 is 4.92 Å². The quantitative estimate of drug-likeness (QED) is 0.536. The first-order chi connectivity index (χ1) is 10.1. The largest absolute Gasteiger partial charge is 0.361 e. The average molecular weight is 293 g/mol. The van der Waals surface area contributed by atoms with Crippen LogP contribution in [0.5, 0.6) is 0 Å². The second-order valence-electron chi connectivity index (χ2n) is 5.54. The van der Waals surface area contributed by atoms with Gasteiger partial charge in [-0.1, -0.05) is 26.7 Å². The van der Waals surface area contributed by atoms with Gasteiger partial charge in [0.1, 0.15) is 6.20 Å². The highest BCUT2D eigenvalue weighted by molar-refractivity contribution is 5.57. The minimum absolute atomic E-state index is 0.0636. The molecule has 2 N–H and O–H groups in total. The van der Waals surface area contributed by atoms with Gasteiger partial charge in [0.15, 0.2) is 0 Å². The lowest BCUT2D eigenvalue weighted by atomic mass is 10.1. The molecule has 1 unspecified atom stereocenters. The molecule has 1 saturated carbocycles. The molecule has 1 aliphatic rings. The van der Waals surface area contributed by atoms with Crippen LogP contribution in [0.3, 0.4) is 0 Å². The molecule has 1 fully saturated rings. The Morgan fingerprint density at radius 3 is 2.81 bits per heavy atom. The van der Waals surface area contributed by atoms with Crippen molar-refractivity contribution in [2.75, 3.05) is 17.2 Å². The van der Waals surface area contributed by atoms with Gasteiger partial charge >= 0.3 is 5.69 Å². The predicted octanol–water partition coefficient (Wildman–Crippen LogP) is 3.20. The highest BCUT2D eigenvalue weighted by Gasteiger charge is 2.26. The Morgan fingerprint density at radius 1 is 1.48 bits per heavy atom. The third-order valence-corrected chi connectivity index (χ3v) is 3.65. The van der Waals surface area contributed by atoms with Crippen LogP contribution in [-0.4, -0.2) is 27.5 Å². The van der Waals surface area contributed by atoms with E-state index in [1.165, 1.54) is 19.0 Å². The zero-order chi connectivity index (χ0) is 15.2. The molecule has 0 radical (unpaired) electrons. The van der Waals surface area contributed by atoms with E-state index in [0.717, 1.165) is 31.7 Å². The van der Waals surface area contributed by atoms with Crippen LogP contribution in [0.1, 0.15) is 46.0 Å². The number of hydrogen-bond donors (Lipinski definition) is 2. The first kappa shape index (κ1) is 15.5. The summed E-state index contributed by atoms with van der Waals surface area (Å²) >= 11 is 0. The zero-order valence-electron chi connectivity index (χ0n) is 12.6. The second-order valence-corrected chi connectivity index (χ2v) is 5.54. The van der Waals surface area contributed by atoms with Crippen molar-refractivity contribution in [2.45, 2.75) is 52.0 Å². The molecule has 1 heterocycles. The minimum atomic E-state index is -0.435. The second kappa shape index (κ2) is 7.19. The Labute approximate surface area is 124 Å². The Morgan fingerprint density at radius 2 is 2.24 bits per heavy atom. The molecule has 0 aliphatic heterocycles. The third kappa shape index (κ3) is 4.54. The zero-order valence-corrected chi connectivity index (χ0v) is 12.6. The van der Waals surface area contributed by atoms with Gasteiger partial charge < -0.3 is 10.6 Å². The molecule has 116 valence electrons. The van der Waals surface area contributed by atoms with E-state index in [9.17, 15) is 10.1 Å². The monoisotopic (exact) mass is 293 g/mol. The van der Waals surface area contributed by atoms with Gasteiger partial charge in [-0.2, -0.15) is 4.98 Å². The maximum Gasteiger partial charge on any atom is 0.329 e. The number of anilines is 2. The lowest BCUT2D eigenvalue weighted by molar-refractivity contribution is -0.384. The molecule has 0 aromatic carbocycles. The number of hydrogen-bond acceptors (Lipinski definition) is 6. The van der Waals surface area contributed by atoms with Gasteiger partial charge in [-0.3, -0.25) is 10.1 Å². The Balaban J connectivity index is 2.13. The van der Waals surface area contributed by atoms with Crippen LogP contribution < -0.4 is 10.6 Å². The molecule has 1 aromatic rings. The molecule has 0 amide bonds. The van der Waals surface area contributed by atoms with Crippen LogP contribution in [0.2, 0.25) is 0 Å². The average Bonchev–Trinajstić information content (AvgIpc) is 3.28. The molecule has 1 atom stereocenters. The van der Waals surface area contributed by atoms with Gasteiger partial charge in [-0.15, -0.1) is 0 Å². The third-order valence-electron chi connectivity index (χ3n) is 3.65. The van der Waals surface area contributed by atoms with Gasteiger partial charge in [0.2, 0.25) is 11.8 Å². The van der Waals surface area contributed by atoms with Crippen molar-refractivity contribution < 1.29 is 4.92 Å². The van der Waals surface area contributed by atoms with E-state index in [1.807, 2.05) is 6.92 Å². The summed E-state index contributed by atoms with van der Waals surface area (Å²) in [5.74, 6) is 1.52. The summed E-state index contributed by atoms with van der Waals surface area (Å²) in [7, 11) is 0. The van der Waals surface area contributed by atoms with Crippen molar-refractivity contribution >= 4 is 17.5 Å². The lowest BCUT2D eigenvalue weighted by Gasteiger charge is -2.17. The number of nitro groups is 1. The van der Waals surface area contributed by atoms with E-state index in [-0.39, 0.29) is 11.7 Å². The Bertz CT molecular complexity index is 490. The van der Waals surface area contributed by atoms with Crippen LogP contribution in [0.25, 0.3) is 0 Å². The standard InChI is InChI=1S/C14H23N5O2/c1-3-7-15-14-16-9-12(19(20)21)13(18-14)17-11(4-2)8-10-5-6-10/h9-11H,3-8H2,1-2H3,(H2,15,16,17,18). The normalized spacial score (nSPS) is 15.5. The van der Waals surface area contributed by atoms with E-state index in [0.29, 0.717) is 11.8 Å². The van der Waals surface area contributed by atoms with Crippen molar-refractivity contribution in [3.8, 4) is 0 Å². The molecule has 0 bridgehead atoms. The highest BCUT2D eigenvalue weighted by Crippen LogP contribution is 2.35. The number of nitrogens with zero attached hydrogens (tertiary/aromatic N) is 3. The summed E-state index contributed by atoms with van der Waals surface area (Å²) < 4.78 is 0. The molecule has 0 saturated heterocycles. The van der Waals surface area contributed by atoms with Gasteiger partial charge in [0.25, 0.3) is 0 Å². The van der Waals surface area contributed by atoms with Crippen LogP contribution in [0.4, 0.5) is 17.5 Å². The molecule has 1 aliphatic carbocycles. The minimum Gasteiger partial charge on any atom is -0.361 e. The van der Waals surface area contributed by atoms with Gasteiger partial charge in [0, 0.05) is 12.6 Å². The first-order valence-electron chi connectivity index (χ1n) is 7.65. The summed E-state index contributed by atoms with van der Waals surface area (Å²) in [6.45, 7) is 4.88. The Kier molecular flexibility index (Phi) is 5.30. The highest BCUT2D eigenvalue weighted by atomic mass is 16.6. The fraction of sp³-hybridized carbons (Fsp3) is 0.714. The predicted molar refractivity (Wildman–Crippen MR) is 82.5 cm³/mol. The smallest absolute Gasteiger partial charge is 0.329 e. The van der Waals surface area contributed by atoms with Crippen LogP contribution in [0, 0.1) is 16.0 Å². The van der Waals surface area contributed by atoms with E-state index in [4.69, 9.17) is 0 Å². The SMILES string of the molecule is CCCNc1ncc([N+](=O)[O-])c(NC(CC)CC2CC2)n1. The topological polar surface area (TPSA) is 93.0 Å². The maximum atomic E-state index is 11.1. The molecule has 21 heavy (non-hydrogen) atoms. The fourth-order valence-corrected chi connectivity index (χ4v) is 2.21. The summed E-state index contributed by atoms with van der Waals surface area (Å²) in [6.07, 6.45) is 6.74. The number of aromatic nitrogens is 2. The van der Waals surface area contributed by atoms with Crippen molar-refractivity contribution in [2.24, 2.45) is 5.92 Å². The first-order valence-corrected chi connectivity index (χ1v) is 7.65. The van der Waals surface area contributed by atoms with Gasteiger partial charge in [0.05, 0.1) is 4.92 Å². The van der Waals surface area contributed by atoms with Crippen molar-refractivity contribution in [1.29, 1.82) is 0 Å². The number of nitrogens with one attached hydrogen (secondary N) is 2. The van der Waals surface area contributed by atoms with Gasteiger partial charge in [-0.25, -0.2) is 4.98 Å². The summed E-state index contributed by atoms with van der Waals surface area (Å²) in [6, 6.07) is 0.227. The molecule has 7 heteroatoms. The molecular weight excluding hydrogens is 270 g/mol. The lowest BCUT2D eigenvalue weighted by Crippen LogP contribution is -2.21. The molecule has 2 rings (SSSR count). The summed E-state index contributed by atoms with van der Waals surface area (Å²) in [5, 5.41) is 17.4. The Hall–Kier alpha value is -1.92. The van der Waals surface area contributed by atoms with Crippen LogP contribution >= 0.6 is 0 Å². The van der Waals surface area contributed by atoms with E-state index in [2.05, 4.69) is 27.5 Å². The van der Waals surface area contributed by atoms with Crippen LogP contribution in [-0.2, 0) is 0 Å². The van der Waals surface area contributed by atoms with Crippen LogP contribution in [0.15, 0.2) is 6.20 Å². The molecule has 0 spiro atoms. The van der Waals surface area contributed by atoms with Crippen molar-refractivity contribution in [1.82, 2.24) is 9.97 Å². The molecule has 7 nitrogen and oxygen atoms in total. The maximum absolute atomic E-state index is 11.1. The fourth-order valence-electron chi connectivity index (χ4n) is 2.21. The van der Waals surface area contributed by atoms with Crippen molar-refractivity contribution in [3.63, 3.8) is 0 Å².